The standard InChI is InChI=1S/C20H17N5O2S/c1-13(26)23-17-7-4-8-18(16(17)12-21)24-20-22-10-9-19(25-20)28-15-6-3-5-14(11-15)27-2/h3-11H,1-2H3,(H,23,26)(H,22,24,25). The number of amides is 1. The second-order valence-electron chi connectivity index (χ2n) is 5.65. The first-order valence-corrected chi connectivity index (χ1v) is 9.13. The summed E-state index contributed by atoms with van der Waals surface area (Å²) in [5, 5.41) is 15.9. The van der Waals surface area contributed by atoms with Gasteiger partial charge in [0.05, 0.1) is 24.0 Å². The van der Waals surface area contributed by atoms with E-state index in [1.54, 1.807) is 37.6 Å². The van der Waals surface area contributed by atoms with Crippen molar-refractivity contribution in [3.63, 3.8) is 0 Å². The number of ether oxygens (including phenoxy) is 1. The maximum absolute atomic E-state index is 11.3. The summed E-state index contributed by atoms with van der Waals surface area (Å²) in [5.41, 5.74) is 1.26. The van der Waals surface area contributed by atoms with Crippen molar-refractivity contribution in [3.8, 4) is 11.8 Å². The van der Waals surface area contributed by atoms with E-state index in [2.05, 4.69) is 26.7 Å². The van der Waals surface area contributed by atoms with Crippen LogP contribution >= 0.6 is 11.8 Å². The molecule has 0 atom stereocenters. The van der Waals surface area contributed by atoms with Crippen LogP contribution in [-0.4, -0.2) is 23.0 Å². The molecule has 0 aliphatic heterocycles. The molecule has 2 N–H and O–H groups in total. The van der Waals surface area contributed by atoms with Crippen LogP contribution in [0, 0.1) is 11.3 Å². The van der Waals surface area contributed by atoms with Crippen LogP contribution in [0.5, 0.6) is 5.75 Å². The minimum atomic E-state index is -0.249. The lowest BCUT2D eigenvalue weighted by Crippen LogP contribution is -2.08. The Balaban J connectivity index is 1.83. The van der Waals surface area contributed by atoms with Crippen LogP contribution in [0.4, 0.5) is 17.3 Å². The zero-order chi connectivity index (χ0) is 19.9. The Kier molecular flexibility index (Phi) is 6.09. The van der Waals surface area contributed by atoms with Gasteiger partial charge < -0.3 is 15.4 Å². The summed E-state index contributed by atoms with van der Waals surface area (Å²) in [7, 11) is 1.62. The van der Waals surface area contributed by atoms with Crippen LogP contribution in [-0.2, 0) is 4.79 Å². The molecule has 0 aliphatic rings. The third-order valence-corrected chi connectivity index (χ3v) is 4.55. The highest BCUT2D eigenvalue weighted by molar-refractivity contribution is 7.99. The van der Waals surface area contributed by atoms with E-state index in [1.807, 2.05) is 24.3 Å². The van der Waals surface area contributed by atoms with E-state index in [9.17, 15) is 10.1 Å². The highest BCUT2D eigenvalue weighted by Gasteiger charge is 2.11. The fraction of sp³-hybridized carbons (Fsp3) is 0.100. The fourth-order valence-corrected chi connectivity index (χ4v) is 3.26. The number of nitrogens with zero attached hydrogens (tertiary/aromatic N) is 3. The molecule has 0 spiro atoms. The summed E-state index contributed by atoms with van der Waals surface area (Å²) in [6, 6.07) is 16.7. The molecule has 0 aliphatic carbocycles. The van der Waals surface area contributed by atoms with Crippen LogP contribution in [0.25, 0.3) is 0 Å². The van der Waals surface area contributed by atoms with E-state index in [-0.39, 0.29) is 5.91 Å². The van der Waals surface area contributed by atoms with Gasteiger partial charge in [-0.15, -0.1) is 0 Å². The van der Waals surface area contributed by atoms with Crippen molar-refractivity contribution in [2.24, 2.45) is 0 Å². The lowest BCUT2D eigenvalue weighted by molar-refractivity contribution is -0.114. The van der Waals surface area contributed by atoms with Crippen molar-refractivity contribution in [3.05, 3.63) is 60.3 Å². The highest BCUT2D eigenvalue weighted by Crippen LogP contribution is 2.30. The fourth-order valence-electron chi connectivity index (χ4n) is 2.44. The number of carbonyl (C=O) groups excluding carboxylic acids is 1. The van der Waals surface area contributed by atoms with Crippen LogP contribution in [0.3, 0.4) is 0 Å². The van der Waals surface area contributed by atoms with Crippen molar-refractivity contribution >= 4 is 35.0 Å². The number of nitriles is 1. The van der Waals surface area contributed by atoms with Crippen molar-refractivity contribution in [2.75, 3.05) is 17.7 Å². The molecule has 8 heteroatoms. The molecule has 7 nitrogen and oxygen atoms in total. The van der Waals surface area contributed by atoms with Crippen LogP contribution in [0.1, 0.15) is 12.5 Å². The van der Waals surface area contributed by atoms with E-state index in [1.165, 1.54) is 18.7 Å². The van der Waals surface area contributed by atoms with Crippen molar-refractivity contribution in [2.45, 2.75) is 16.8 Å². The van der Waals surface area contributed by atoms with Gasteiger partial charge in [0.1, 0.15) is 16.8 Å². The SMILES string of the molecule is COc1cccc(Sc2ccnc(Nc3cccc(NC(C)=O)c3C#N)n2)c1. The molecular formula is C20H17N5O2S. The van der Waals surface area contributed by atoms with Crippen LogP contribution in [0.2, 0.25) is 0 Å². The Morgan fingerprint density at radius 1 is 1.18 bits per heavy atom. The van der Waals surface area contributed by atoms with Gasteiger partial charge in [-0.3, -0.25) is 4.79 Å². The van der Waals surface area contributed by atoms with Gasteiger partial charge in [0, 0.05) is 18.0 Å². The molecule has 1 aromatic heterocycles. The van der Waals surface area contributed by atoms with E-state index < -0.39 is 0 Å². The second kappa shape index (κ2) is 8.88. The van der Waals surface area contributed by atoms with E-state index in [0.29, 0.717) is 22.9 Å². The topological polar surface area (TPSA) is 99.9 Å². The number of benzene rings is 2. The van der Waals surface area contributed by atoms with Gasteiger partial charge in [-0.2, -0.15) is 5.26 Å². The number of anilines is 3. The van der Waals surface area contributed by atoms with E-state index in [4.69, 9.17) is 4.74 Å². The molecule has 0 bridgehead atoms. The van der Waals surface area contributed by atoms with Crippen molar-refractivity contribution < 1.29 is 9.53 Å². The number of nitrogens with one attached hydrogen (secondary N) is 2. The Morgan fingerprint density at radius 2 is 1.96 bits per heavy atom. The summed E-state index contributed by atoms with van der Waals surface area (Å²) in [6.07, 6.45) is 1.64. The summed E-state index contributed by atoms with van der Waals surface area (Å²) >= 11 is 1.47. The zero-order valence-electron chi connectivity index (χ0n) is 15.3. The molecule has 0 unspecified atom stereocenters. The largest absolute Gasteiger partial charge is 0.497 e. The summed E-state index contributed by atoms with van der Waals surface area (Å²) in [5.74, 6) is 0.872. The summed E-state index contributed by atoms with van der Waals surface area (Å²) in [4.78, 5) is 21.0. The predicted molar refractivity (Wildman–Crippen MR) is 108 cm³/mol. The molecule has 0 saturated carbocycles. The lowest BCUT2D eigenvalue weighted by Gasteiger charge is -2.11. The molecule has 3 rings (SSSR count). The lowest BCUT2D eigenvalue weighted by atomic mass is 10.1. The average Bonchev–Trinajstić information content (AvgIpc) is 2.68. The Morgan fingerprint density at radius 3 is 2.71 bits per heavy atom. The average molecular weight is 391 g/mol. The molecule has 0 radical (unpaired) electrons. The quantitative estimate of drug-likeness (QED) is 0.607. The molecule has 28 heavy (non-hydrogen) atoms. The van der Waals surface area contributed by atoms with Gasteiger partial charge in [0.15, 0.2) is 0 Å². The third-order valence-electron chi connectivity index (χ3n) is 3.63. The molecule has 0 fully saturated rings. The minimum absolute atomic E-state index is 0.249. The summed E-state index contributed by atoms with van der Waals surface area (Å²) in [6.45, 7) is 1.39. The van der Waals surface area contributed by atoms with Gasteiger partial charge >= 0.3 is 0 Å². The maximum atomic E-state index is 11.3. The van der Waals surface area contributed by atoms with Gasteiger partial charge in [0.2, 0.25) is 11.9 Å². The molecule has 140 valence electrons. The summed E-state index contributed by atoms with van der Waals surface area (Å²) < 4.78 is 5.24. The number of hydrogen-bond donors (Lipinski definition) is 2. The Labute approximate surface area is 166 Å². The molecule has 3 aromatic rings. The predicted octanol–water partition coefficient (Wildman–Crippen LogP) is 4.21. The minimum Gasteiger partial charge on any atom is -0.497 e. The Bertz CT molecular complexity index is 1050. The monoisotopic (exact) mass is 391 g/mol. The zero-order valence-corrected chi connectivity index (χ0v) is 16.1. The van der Waals surface area contributed by atoms with Crippen molar-refractivity contribution in [1.82, 2.24) is 9.97 Å². The first kappa shape index (κ1) is 19.2. The van der Waals surface area contributed by atoms with E-state index >= 15 is 0 Å². The van der Waals surface area contributed by atoms with Gasteiger partial charge in [0.25, 0.3) is 0 Å². The molecule has 1 heterocycles. The number of methoxy groups -OCH3 is 1. The van der Waals surface area contributed by atoms with Crippen molar-refractivity contribution in [1.29, 1.82) is 5.26 Å². The van der Waals surface area contributed by atoms with Crippen LogP contribution in [0.15, 0.2) is 64.6 Å². The maximum Gasteiger partial charge on any atom is 0.228 e. The molecular weight excluding hydrogens is 374 g/mol. The number of hydrogen-bond acceptors (Lipinski definition) is 7. The second-order valence-corrected chi connectivity index (χ2v) is 6.74. The van der Waals surface area contributed by atoms with Gasteiger partial charge in [-0.25, -0.2) is 9.97 Å². The highest BCUT2D eigenvalue weighted by atomic mass is 32.2. The first-order chi connectivity index (χ1) is 13.6. The van der Waals surface area contributed by atoms with Gasteiger partial charge in [-0.1, -0.05) is 23.9 Å². The van der Waals surface area contributed by atoms with Gasteiger partial charge in [-0.05, 0) is 36.4 Å². The third kappa shape index (κ3) is 4.78. The van der Waals surface area contributed by atoms with Crippen LogP contribution < -0.4 is 15.4 Å². The van der Waals surface area contributed by atoms with E-state index in [0.717, 1.165) is 15.7 Å². The molecule has 1 amide bonds. The number of carbonyl (C=O) groups is 1. The smallest absolute Gasteiger partial charge is 0.228 e. The molecule has 2 aromatic carbocycles. The number of aromatic nitrogens is 2. The Hall–Kier alpha value is -3.57. The number of rotatable bonds is 6. The normalized spacial score (nSPS) is 10.0. The molecule has 0 saturated heterocycles. The first-order valence-electron chi connectivity index (χ1n) is 8.31.